The van der Waals surface area contributed by atoms with E-state index in [0.717, 1.165) is 42.7 Å². The molecule has 6 rings (SSSR count). The van der Waals surface area contributed by atoms with Crippen LogP contribution < -0.4 is 10.2 Å². The van der Waals surface area contributed by atoms with Gasteiger partial charge in [0.1, 0.15) is 17.3 Å². The lowest BCUT2D eigenvalue weighted by Gasteiger charge is -2.37. The number of hydrogen-bond donors (Lipinski definition) is 1. The van der Waals surface area contributed by atoms with Crippen LogP contribution in [0.1, 0.15) is 49.0 Å². The van der Waals surface area contributed by atoms with Crippen molar-refractivity contribution in [3.05, 3.63) is 46.8 Å². The van der Waals surface area contributed by atoms with Crippen LogP contribution in [0.2, 0.25) is 0 Å². The van der Waals surface area contributed by atoms with Crippen LogP contribution in [0.3, 0.4) is 0 Å². The van der Waals surface area contributed by atoms with Gasteiger partial charge in [-0.1, -0.05) is 0 Å². The summed E-state index contributed by atoms with van der Waals surface area (Å²) in [5.74, 6) is -0.323. The van der Waals surface area contributed by atoms with Crippen LogP contribution in [0.5, 0.6) is 0 Å². The maximum absolute atomic E-state index is 14.7. The highest BCUT2D eigenvalue weighted by Crippen LogP contribution is 2.36. The van der Waals surface area contributed by atoms with Gasteiger partial charge < -0.3 is 10.2 Å². The first kappa shape index (κ1) is 20.2. The summed E-state index contributed by atoms with van der Waals surface area (Å²) in [4.78, 5) is 16.7. The number of hydrogen-bond acceptors (Lipinski definition) is 6. The molecule has 0 aromatic carbocycles. The minimum atomic E-state index is -0.435. The van der Waals surface area contributed by atoms with Crippen molar-refractivity contribution in [1.29, 1.82) is 5.26 Å². The second-order valence-corrected chi connectivity index (χ2v) is 9.34. The predicted molar refractivity (Wildman–Crippen MR) is 118 cm³/mol. The summed E-state index contributed by atoms with van der Waals surface area (Å²) in [7, 11) is 0. The largest absolute Gasteiger partial charge is 0.362 e. The van der Waals surface area contributed by atoms with Crippen molar-refractivity contribution in [3.63, 3.8) is 0 Å². The number of anilines is 1. The Bertz CT molecular complexity index is 1320. The fourth-order valence-electron chi connectivity index (χ4n) is 5.72. The minimum absolute atomic E-state index is 0.0856. The van der Waals surface area contributed by atoms with Crippen molar-refractivity contribution in [2.75, 3.05) is 18.0 Å². The van der Waals surface area contributed by atoms with E-state index in [-0.39, 0.29) is 24.0 Å². The molecule has 6 heterocycles. The molecule has 0 saturated carbocycles. The van der Waals surface area contributed by atoms with E-state index in [4.69, 9.17) is 5.10 Å². The molecule has 10 heteroatoms. The second-order valence-electron chi connectivity index (χ2n) is 9.34. The van der Waals surface area contributed by atoms with Gasteiger partial charge in [0.2, 0.25) is 5.91 Å². The van der Waals surface area contributed by atoms with Gasteiger partial charge in [-0.2, -0.15) is 15.5 Å². The molecule has 0 spiro atoms. The molecule has 0 bridgehead atoms. The van der Waals surface area contributed by atoms with Crippen LogP contribution in [-0.2, 0) is 24.3 Å². The van der Waals surface area contributed by atoms with E-state index in [1.54, 1.807) is 6.07 Å². The fourth-order valence-corrected chi connectivity index (χ4v) is 5.72. The van der Waals surface area contributed by atoms with Crippen LogP contribution in [0, 0.1) is 17.1 Å². The predicted octanol–water partition coefficient (Wildman–Crippen LogP) is 1.76. The molecule has 1 fully saturated rings. The van der Waals surface area contributed by atoms with Crippen molar-refractivity contribution >= 4 is 17.1 Å². The number of nitrogens with one attached hydrogen (secondary N) is 1. The number of carbonyl (C=O) groups is 1. The molecule has 3 aliphatic heterocycles. The van der Waals surface area contributed by atoms with Crippen LogP contribution in [0.4, 0.5) is 10.1 Å². The number of fused-ring (bicyclic) bond motifs is 4. The summed E-state index contributed by atoms with van der Waals surface area (Å²) >= 11 is 0. The Balaban J connectivity index is 1.37. The molecule has 3 atom stereocenters. The number of nitrogens with zero attached hydrogens (tertiary/aromatic N) is 7. The summed E-state index contributed by atoms with van der Waals surface area (Å²) in [6.07, 6.45) is 2.83. The van der Waals surface area contributed by atoms with Gasteiger partial charge in [-0.15, -0.1) is 0 Å². The Morgan fingerprint density at radius 3 is 2.85 bits per heavy atom. The molecular formula is C23H25FN8O. The lowest BCUT2D eigenvalue weighted by atomic mass is 9.95. The van der Waals surface area contributed by atoms with Gasteiger partial charge in [0.25, 0.3) is 0 Å². The van der Waals surface area contributed by atoms with Crippen molar-refractivity contribution in [3.8, 4) is 6.07 Å². The number of nitriles is 1. The van der Waals surface area contributed by atoms with Gasteiger partial charge in [-0.25, -0.2) is 8.91 Å². The van der Waals surface area contributed by atoms with Crippen molar-refractivity contribution in [2.24, 2.45) is 0 Å². The lowest BCUT2D eigenvalue weighted by Crippen LogP contribution is -2.48. The second kappa shape index (κ2) is 7.28. The van der Waals surface area contributed by atoms with Gasteiger partial charge in [0.05, 0.1) is 41.9 Å². The summed E-state index contributed by atoms with van der Waals surface area (Å²) in [6, 6.07) is 5.83. The molecule has 3 aromatic heterocycles. The van der Waals surface area contributed by atoms with E-state index in [2.05, 4.69) is 44.8 Å². The molecule has 33 heavy (non-hydrogen) atoms. The van der Waals surface area contributed by atoms with Crippen molar-refractivity contribution < 1.29 is 9.18 Å². The molecule has 0 unspecified atom stereocenters. The van der Waals surface area contributed by atoms with E-state index in [0.29, 0.717) is 30.8 Å². The zero-order valence-corrected chi connectivity index (χ0v) is 18.6. The Hall–Kier alpha value is -3.45. The van der Waals surface area contributed by atoms with E-state index in [1.807, 2.05) is 6.07 Å². The highest BCUT2D eigenvalue weighted by molar-refractivity contribution is 5.83. The summed E-state index contributed by atoms with van der Waals surface area (Å²) < 4.78 is 18.2. The third kappa shape index (κ3) is 2.95. The standard InChI is InChI=1S/C23H25FN8O/c1-13-7-16-18(11-30(13)20-5-6-26-23(20)33)28-31-14(2)10-29(12-21(16)31)19-4-3-15(8-25)32-22(19)17(24)9-27-32/h3-4,9,13-14,20H,5-7,10-12H2,1-2H3,(H,26,33)/t13-,14+,20+/m0/s1. The first-order valence-corrected chi connectivity index (χ1v) is 11.4. The van der Waals surface area contributed by atoms with Crippen molar-refractivity contribution in [1.82, 2.24) is 29.6 Å². The zero-order chi connectivity index (χ0) is 22.9. The highest BCUT2D eigenvalue weighted by Gasteiger charge is 2.39. The number of amides is 1. The fraction of sp³-hybridized carbons (Fsp3) is 0.478. The summed E-state index contributed by atoms with van der Waals surface area (Å²) in [6.45, 7) is 6.97. The topological polar surface area (TPSA) is 94.5 Å². The number of halogens is 1. The maximum Gasteiger partial charge on any atom is 0.237 e. The maximum atomic E-state index is 14.7. The molecule has 1 amide bonds. The third-order valence-corrected chi connectivity index (χ3v) is 7.31. The first-order valence-electron chi connectivity index (χ1n) is 11.4. The Morgan fingerprint density at radius 2 is 2.09 bits per heavy atom. The number of aromatic nitrogens is 4. The first-order chi connectivity index (χ1) is 16.0. The molecule has 1 N–H and O–H groups in total. The van der Waals surface area contributed by atoms with Gasteiger partial charge >= 0.3 is 0 Å². The molecule has 1 saturated heterocycles. The summed E-state index contributed by atoms with van der Waals surface area (Å²) in [5.41, 5.74) is 4.79. The molecule has 0 radical (unpaired) electrons. The Morgan fingerprint density at radius 1 is 1.24 bits per heavy atom. The van der Waals surface area contributed by atoms with E-state index >= 15 is 0 Å². The quantitative estimate of drug-likeness (QED) is 0.642. The van der Waals surface area contributed by atoms with Crippen molar-refractivity contribution in [2.45, 2.75) is 57.9 Å². The molecular weight excluding hydrogens is 423 g/mol. The molecule has 3 aromatic rings. The Kier molecular flexibility index (Phi) is 4.45. The zero-order valence-electron chi connectivity index (χ0n) is 18.6. The monoisotopic (exact) mass is 448 g/mol. The molecule has 170 valence electrons. The molecule has 0 aliphatic carbocycles. The minimum Gasteiger partial charge on any atom is -0.362 e. The van der Waals surface area contributed by atoms with Gasteiger partial charge in [0.15, 0.2) is 5.82 Å². The van der Waals surface area contributed by atoms with Crippen LogP contribution in [0.15, 0.2) is 18.3 Å². The van der Waals surface area contributed by atoms with Gasteiger partial charge in [0, 0.05) is 31.2 Å². The average Bonchev–Trinajstić information content (AvgIpc) is 3.50. The van der Waals surface area contributed by atoms with E-state index in [1.165, 1.54) is 10.1 Å². The van der Waals surface area contributed by atoms with Gasteiger partial charge in [-0.3, -0.25) is 14.4 Å². The smallest absolute Gasteiger partial charge is 0.237 e. The van der Waals surface area contributed by atoms with Crippen LogP contribution in [-0.4, -0.2) is 55.4 Å². The van der Waals surface area contributed by atoms with Crippen LogP contribution in [0.25, 0.3) is 5.52 Å². The highest BCUT2D eigenvalue weighted by atomic mass is 19.1. The number of pyridine rings is 1. The normalized spacial score (nSPS) is 25.1. The van der Waals surface area contributed by atoms with Gasteiger partial charge in [-0.05, 0) is 38.8 Å². The average molecular weight is 449 g/mol. The molecule has 3 aliphatic rings. The lowest BCUT2D eigenvalue weighted by molar-refractivity contribution is -0.124. The number of rotatable bonds is 2. The summed E-state index contributed by atoms with van der Waals surface area (Å²) in [5, 5.41) is 21.4. The van der Waals surface area contributed by atoms with Crippen LogP contribution >= 0.6 is 0 Å². The number of carbonyl (C=O) groups excluding carboxylic acids is 1. The third-order valence-electron chi connectivity index (χ3n) is 7.31. The van der Waals surface area contributed by atoms with E-state index < -0.39 is 5.82 Å². The van der Waals surface area contributed by atoms with E-state index in [9.17, 15) is 14.4 Å². The molecule has 9 nitrogen and oxygen atoms in total. The Labute approximate surface area is 190 Å². The SMILES string of the molecule is C[C@@H]1CN(c2ccc(C#N)n3ncc(F)c23)Cc2c3c(nn21)CN([C@@H]1CCNC1=O)[C@@H](C)C3.